The number of likely N-dealkylation sites (N-methyl/N-ethyl adjacent to an activating group) is 1. The quantitative estimate of drug-likeness (QED) is 0.617. The van der Waals surface area contributed by atoms with Crippen LogP contribution in [-0.4, -0.2) is 78.8 Å². The van der Waals surface area contributed by atoms with Gasteiger partial charge >= 0.3 is 6.03 Å². The molecule has 1 fully saturated rings. The number of amides is 3. The first-order valence-electron chi connectivity index (χ1n) is 7.02. The summed E-state index contributed by atoms with van der Waals surface area (Å²) in [5.41, 5.74) is 0. The van der Waals surface area contributed by atoms with Crippen molar-refractivity contribution >= 4 is 11.9 Å². The van der Waals surface area contributed by atoms with E-state index in [9.17, 15) is 14.7 Å². The van der Waals surface area contributed by atoms with Gasteiger partial charge in [-0.05, 0) is 34.4 Å². The standard InChI is InChI=1S/C13H26N4O3/c1-5-14-13(20)15-12(19)9(2)17-8-11(18)6-10(17)7-16(3)4/h9-11,18H,5-8H2,1-4H3,(H2,14,15,19,20). The van der Waals surface area contributed by atoms with Crippen LogP contribution in [0, 0.1) is 0 Å². The third-order valence-corrected chi connectivity index (χ3v) is 3.46. The van der Waals surface area contributed by atoms with Gasteiger partial charge in [0.25, 0.3) is 0 Å². The van der Waals surface area contributed by atoms with Gasteiger partial charge in [-0.1, -0.05) is 0 Å². The van der Waals surface area contributed by atoms with Crippen LogP contribution in [0.25, 0.3) is 0 Å². The molecule has 0 aliphatic carbocycles. The number of urea groups is 1. The summed E-state index contributed by atoms with van der Waals surface area (Å²) in [6.45, 7) is 5.25. The highest BCUT2D eigenvalue weighted by molar-refractivity contribution is 5.96. The molecule has 0 aromatic rings. The molecule has 0 aromatic heterocycles. The molecule has 7 heteroatoms. The third-order valence-electron chi connectivity index (χ3n) is 3.46. The van der Waals surface area contributed by atoms with Crippen LogP contribution < -0.4 is 10.6 Å². The van der Waals surface area contributed by atoms with E-state index in [1.54, 1.807) is 13.8 Å². The molecule has 3 N–H and O–H groups in total. The summed E-state index contributed by atoms with van der Waals surface area (Å²) < 4.78 is 0. The van der Waals surface area contributed by atoms with E-state index >= 15 is 0 Å². The first-order chi connectivity index (χ1) is 9.35. The van der Waals surface area contributed by atoms with Crippen molar-refractivity contribution in [3.8, 4) is 0 Å². The number of carbonyl (C=O) groups excluding carboxylic acids is 2. The Bertz CT molecular complexity index is 349. The average Bonchev–Trinajstić information content (AvgIpc) is 2.68. The molecule has 3 unspecified atom stereocenters. The number of likely N-dealkylation sites (tertiary alicyclic amines) is 1. The number of aliphatic hydroxyl groups is 1. The molecule has 1 rings (SSSR count). The summed E-state index contributed by atoms with van der Waals surface area (Å²) >= 11 is 0. The Hall–Kier alpha value is -1.18. The summed E-state index contributed by atoms with van der Waals surface area (Å²) in [4.78, 5) is 27.4. The number of hydrogen-bond donors (Lipinski definition) is 3. The highest BCUT2D eigenvalue weighted by atomic mass is 16.3. The minimum atomic E-state index is -0.478. The molecular weight excluding hydrogens is 260 g/mol. The maximum atomic E-state index is 12.0. The van der Waals surface area contributed by atoms with Crippen LogP contribution >= 0.6 is 0 Å². The highest BCUT2D eigenvalue weighted by Crippen LogP contribution is 2.21. The van der Waals surface area contributed by atoms with Crippen molar-refractivity contribution in [2.45, 2.75) is 38.5 Å². The van der Waals surface area contributed by atoms with Crippen LogP contribution in [0.5, 0.6) is 0 Å². The van der Waals surface area contributed by atoms with Crippen molar-refractivity contribution in [1.29, 1.82) is 0 Å². The predicted molar refractivity (Wildman–Crippen MR) is 76.3 cm³/mol. The number of carbonyl (C=O) groups is 2. The Morgan fingerprint density at radius 1 is 1.45 bits per heavy atom. The molecule has 1 aliphatic rings. The lowest BCUT2D eigenvalue weighted by Crippen LogP contribution is -2.52. The van der Waals surface area contributed by atoms with E-state index in [1.807, 2.05) is 23.9 Å². The van der Waals surface area contributed by atoms with Crippen LogP contribution in [0.2, 0.25) is 0 Å². The zero-order valence-corrected chi connectivity index (χ0v) is 12.7. The topological polar surface area (TPSA) is 84.9 Å². The number of nitrogens with zero attached hydrogens (tertiary/aromatic N) is 2. The molecule has 1 aliphatic heterocycles. The zero-order chi connectivity index (χ0) is 15.3. The Kier molecular flexibility index (Phi) is 6.38. The monoisotopic (exact) mass is 286 g/mol. The number of rotatable bonds is 5. The zero-order valence-electron chi connectivity index (χ0n) is 12.7. The minimum absolute atomic E-state index is 0.120. The van der Waals surface area contributed by atoms with E-state index in [0.29, 0.717) is 19.5 Å². The fourth-order valence-electron chi connectivity index (χ4n) is 2.56. The second kappa shape index (κ2) is 7.56. The highest BCUT2D eigenvalue weighted by Gasteiger charge is 2.36. The Morgan fingerprint density at radius 2 is 2.10 bits per heavy atom. The lowest BCUT2D eigenvalue weighted by molar-refractivity contribution is -0.125. The second-order valence-electron chi connectivity index (χ2n) is 5.53. The summed E-state index contributed by atoms with van der Waals surface area (Å²) in [6.07, 6.45) is 0.233. The number of imide groups is 1. The Labute approximate surface area is 120 Å². The molecule has 3 amide bonds. The van der Waals surface area contributed by atoms with Gasteiger partial charge in [0.15, 0.2) is 0 Å². The number of aliphatic hydroxyl groups excluding tert-OH is 1. The average molecular weight is 286 g/mol. The predicted octanol–water partition coefficient (Wildman–Crippen LogP) is -0.783. The smallest absolute Gasteiger partial charge is 0.321 e. The van der Waals surface area contributed by atoms with E-state index in [1.165, 1.54) is 0 Å². The van der Waals surface area contributed by atoms with Crippen molar-refractivity contribution in [1.82, 2.24) is 20.4 Å². The Balaban J connectivity index is 2.61. The van der Waals surface area contributed by atoms with Crippen LogP contribution in [0.1, 0.15) is 20.3 Å². The van der Waals surface area contributed by atoms with E-state index in [0.717, 1.165) is 6.54 Å². The van der Waals surface area contributed by atoms with Crippen LogP contribution in [0.3, 0.4) is 0 Å². The molecule has 1 saturated heterocycles. The molecule has 0 spiro atoms. The summed E-state index contributed by atoms with van der Waals surface area (Å²) in [7, 11) is 3.92. The van der Waals surface area contributed by atoms with Gasteiger partial charge in [-0.2, -0.15) is 0 Å². The first kappa shape index (κ1) is 16.9. The van der Waals surface area contributed by atoms with Gasteiger partial charge in [0.2, 0.25) is 5.91 Å². The molecular formula is C13H26N4O3. The minimum Gasteiger partial charge on any atom is -0.392 e. The molecule has 20 heavy (non-hydrogen) atoms. The van der Waals surface area contributed by atoms with Crippen LogP contribution in [-0.2, 0) is 4.79 Å². The maximum Gasteiger partial charge on any atom is 0.321 e. The fraction of sp³-hybridized carbons (Fsp3) is 0.846. The van der Waals surface area contributed by atoms with Crippen molar-refractivity contribution in [3.05, 3.63) is 0 Å². The number of nitrogens with one attached hydrogen (secondary N) is 2. The van der Waals surface area contributed by atoms with Crippen molar-refractivity contribution in [3.63, 3.8) is 0 Å². The lowest BCUT2D eigenvalue weighted by atomic mass is 10.1. The molecule has 0 bridgehead atoms. The number of β-amino-alcohol motifs (C(OH)–C–C–N with tert-alkyl or cyclic N) is 1. The summed E-state index contributed by atoms with van der Waals surface area (Å²) in [6, 6.07) is -0.803. The molecule has 0 saturated carbocycles. The number of hydrogen-bond acceptors (Lipinski definition) is 5. The normalized spacial score (nSPS) is 24.7. The fourth-order valence-corrected chi connectivity index (χ4v) is 2.56. The van der Waals surface area contributed by atoms with Gasteiger partial charge < -0.3 is 15.3 Å². The Morgan fingerprint density at radius 3 is 2.65 bits per heavy atom. The van der Waals surface area contributed by atoms with Gasteiger partial charge in [-0.3, -0.25) is 15.0 Å². The van der Waals surface area contributed by atoms with Crippen molar-refractivity contribution in [2.75, 3.05) is 33.7 Å². The van der Waals surface area contributed by atoms with Gasteiger partial charge in [-0.25, -0.2) is 4.79 Å². The summed E-state index contributed by atoms with van der Waals surface area (Å²) in [5.74, 6) is -0.339. The lowest BCUT2D eigenvalue weighted by Gasteiger charge is -2.30. The third kappa shape index (κ3) is 4.73. The van der Waals surface area contributed by atoms with Gasteiger partial charge in [0.1, 0.15) is 0 Å². The summed E-state index contributed by atoms with van der Waals surface area (Å²) in [5, 5.41) is 14.7. The van der Waals surface area contributed by atoms with Crippen molar-refractivity contribution < 1.29 is 14.7 Å². The second-order valence-corrected chi connectivity index (χ2v) is 5.53. The SMILES string of the molecule is CCNC(=O)NC(=O)C(C)N1CC(O)CC1CN(C)C. The largest absolute Gasteiger partial charge is 0.392 e. The molecule has 1 heterocycles. The van der Waals surface area contributed by atoms with E-state index in [-0.39, 0.29) is 11.9 Å². The van der Waals surface area contributed by atoms with E-state index in [4.69, 9.17) is 0 Å². The van der Waals surface area contributed by atoms with Crippen LogP contribution in [0.4, 0.5) is 4.79 Å². The molecule has 0 radical (unpaired) electrons. The maximum absolute atomic E-state index is 12.0. The van der Waals surface area contributed by atoms with Gasteiger partial charge in [0.05, 0.1) is 12.1 Å². The van der Waals surface area contributed by atoms with Crippen LogP contribution in [0.15, 0.2) is 0 Å². The molecule has 3 atom stereocenters. The molecule has 116 valence electrons. The molecule has 0 aromatic carbocycles. The van der Waals surface area contributed by atoms with Crippen molar-refractivity contribution in [2.24, 2.45) is 0 Å². The van der Waals surface area contributed by atoms with E-state index < -0.39 is 18.2 Å². The van der Waals surface area contributed by atoms with Gasteiger partial charge in [0, 0.05) is 25.7 Å². The first-order valence-corrected chi connectivity index (χ1v) is 7.02. The molecule has 7 nitrogen and oxygen atoms in total. The van der Waals surface area contributed by atoms with Gasteiger partial charge in [-0.15, -0.1) is 0 Å². The van der Waals surface area contributed by atoms with E-state index in [2.05, 4.69) is 10.6 Å².